The molecule has 0 amide bonds. The van der Waals surface area contributed by atoms with Crippen LogP contribution < -0.4 is 4.74 Å². The number of ether oxygens (including phenoxy) is 1. The van der Waals surface area contributed by atoms with Gasteiger partial charge >= 0.3 is 6.18 Å². The van der Waals surface area contributed by atoms with Gasteiger partial charge in [-0.05, 0) is 36.2 Å². The molecular formula is C16H11Cl3F4O. The van der Waals surface area contributed by atoms with E-state index in [0.29, 0.717) is 17.5 Å². The third-order valence-electron chi connectivity index (χ3n) is 3.18. The van der Waals surface area contributed by atoms with Crippen LogP contribution in [0.2, 0.25) is 15.1 Å². The number of alkyl halides is 3. The van der Waals surface area contributed by atoms with Gasteiger partial charge < -0.3 is 4.74 Å². The van der Waals surface area contributed by atoms with Gasteiger partial charge in [0.1, 0.15) is 10.8 Å². The Morgan fingerprint density at radius 1 is 1.04 bits per heavy atom. The molecule has 0 bridgehead atoms. The van der Waals surface area contributed by atoms with Crippen molar-refractivity contribution in [2.24, 2.45) is 0 Å². The molecule has 0 saturated carbocycles. The van der Waals surface area contributed by atoms with E-state index in [0.717, 1.165) is 12.0 Å². The summed E-state index contributed by atoms with van der Waals surface area (Å²) in [6.45, 7) is 1.96. The molecule has 0 aliphatic carbocycles. The van der Waals surface area contributed by atoms with Crippen molar-refractivity contribution in [2.45, 2.75) is 25.9 Å². The Morgan fingerprint density at radius 3 is 2.29 bits per heavy atom. The molecule has 130 valence electrons. The van der Waals surface area contributed by atoms with Gasteiger partial charge in [0.15, 0.2) is 11.6 Å². The molecule has 0 aliphatic rings. The first kappa shape index (κ1) is 19.2. The van der Waals surface area contributed by atoms with Crippen LogP contribution in [-0.2, 0) is 12.6 Å². The molecule has 0 aromatic heterocycles. The number of benzene rings is 2. The largest absolute Gasteiger partial charge is 0.454 e. The molecule has 2 aromatic carbocycles. The van der Waals surface area contributed by atoms with Crippen molar-refractivity contribution >= 4 is 34.8 Å². The zero-order valence-corrected chi connectivity index (χ0v) is 14.5. The first-order valence-corrected chi connectivity index (χ1v) is 7.99. The normalized spacial score (nSPS) is 11.7. The lowest BCUT2D eigenvalue weighted by molar-refractivity contribution is -0.140. The van der Waals surface area contributed by atoms with Gasteiger partial charge in [-0.25, -0.2) is 4.39 Å². The Bertz CT molecular complexity index is 760. The summed E-state index contributed by atoms with van der Waals surface area (Å²) in [5.74, 6) is -1.77. The molecule has 2 rings (SSSR count). The third kappa shape index (κ3) is 4.08. The molecule has 0 aliphatic heterocycles. The quantitative estimate of drug-likeness (QED) is 0.379. The molecule has 0 spiro atoms. The second kappa shape index (κ2) is 7.38. The minimum absolute atomic E-state index is 0.241. The number of hydrogen-bond acceptors (Lipinski definition) is 1. The van der Waals surface area contributed by atoms with Crippen molar-refractivity contribution < 1.29 is 22.3 Å². The highest BCUT2D eigenvalue weighted by molar-refractivity contribution is 6.37. The lowest BCUT2D eigenvalue weighted by atomic mass is 10.1. The van der Waals surface area contributed by atoms with Gasteiger partial charge in [0.2, 0.25) is 0 Å². The van der Waals surface area contributed by atoms with E-state index in [9.17, 15) is 17.6 Å². The number of aryl methyl sites for hydroxylation is 1. The topological polar surface area (TPSA) is 9.23 Å². The average molecular weight is 402 g/mol. The van der Waals surface area contributed by atoms with Crippen LogP contribution in [0, 0.1) is 5.82 Å². The second-order valence-electron chi connectivity index (χ2n) is 4.97. The summed E-state index contributed by atoms with van der Waals surface area (Å²) in [4.78, 5) is 0. The van der Waals surface area contributed by atoms with Gasteiger partial charge in [-0.15, -0.1) is 0 Å². The van der Waals surface area contributed by atoms with Crippen LogP contribution in [0.5, 0.6) is 11.5 Å². The number of hydrogen-bond donors (Lipinski definition) is 0. The van der Waals surface area contributed by atoms with Crippen molar-refractivity contribution in [2.75, 3.05) is 0 Å². The van der Waals surface area contributed by atoms with Crippen molar-refractivity contribution in [3.05, 3.63) is 56.3 Å². The van der Waals surface area contributed by atoms with Gasteiger partial charge in [0.25, 0.3) is 0 Å². The SMILES string of the molecule is CCCc1cc(Oc2c(Cl)cc(C(F)(F)F)c(F)c2Cl)ccc1Cl. The van der Waals surface area contributed by atoms with E-state index in [1.54, 1.807) is 12.1 Å². The molecular weight excluding hydrogens is 391 g/mol. The van der Waals surface area contributed by atoms with Crippen LogP contribution in [0.3, 0.4) is 0 Å². The average Bonchev–Trinajstić information content (AvgIpc) is 2.49. The van der Waals surface area contributed by atoms with Crippen LogP contribution in [0.15, 0.2) is 24.3 Å². The fraction of sp³-hybridized carbons (Fsp3) is 0.250. The van der Waals surface area contributed by atoms with Crippen molar-refractivity contribution in [1.29, 1.82) is 0 Å². The Morgan fingerprint density at radius 2 is 1.71 bits per heavy atom. The van der Waals surface area contributed by atoms with Gasteiger partial charge in [-0.3, -0.25) is 0 Å². The molecule has 0 radical (unpaired) electrons. The lowest BCUT2D eigenvalue weighted by Crippen LogP contribution is -2.09. The molecule has 0 fully saturated rings. The second-order valence-corrected chi connectivity index (χ2v) is 6.16. The third-order valence-corrected chi connectivity index (χ3v) is 4.17. The van der Waals surface area contributed by atoms with Crippen LogP contribution in [0.4, 0.5) is 17.6 Å². The summed E-state index contributed by atoms with van der Waals surface area (Å²) in [7, 11) is 0. The van der Waals surface area contributed by atoms with Crippen LogP contribution in [0.25, 0.3) is 0 Å². The summed E-state index contributed by atoms with van der Waals surface area (Å²) < 4.78 is 57.5. The first-order valence-electron chi connectivity index (χ1n) is 6.86. The van der Waals surface area contributed by atoms with Gasteiger partial charge in [0.05, 0.1) is 10.6 Å². The summed E-state index contributed by atoms with van der Waals surface area (Å²) in [5.41, 5.74) is -0.760. The molecule has 24 heavy (non-hydrogen) atoms. The molecule has 8 heteroatoms. The highest BCUT2D eigenvalue weighted by Gasteiger charge is 2.37. The molecule has 0 unspecified atom stereocenters. The predicted molar refractivity (Wildman–Crippen MR) is 86.9 cm³/mol. The monoisotopic (exact) mass is 400 g/mol. The Hall–Kier alpha value is -1.17. The fourth-order valence-electron chi connectivity index (χ4n) is 2.07. The maximum absolute atomic E-state index is 13.9. The minimum Gasteiger partial charge on any atom is -0.454 e. The molecule has 0 heterocycles. The summed E-state index contributed by atoms with van der Waals surface area (Å²) >= 11 is 17.5. The molecule has 0 atom stereocenters. The van der Waals surface area contributed by atoms with E-state index in [2.05, 4.69) is 0 Å². The smallest absolute Gasteiger partial charge is 0.419 e. The Kier molecular flexibility index (Phi) is 5.89. The van der Waals surface area contributed by atoms with Crippen molar-refractivity contribution in [3.63, 3.8) is 0 Å². The highest BCUT2D eigenvalue weighted by Crippen LogP contribution is 2.44. The molecule has 0 N–H and O–H groups in total. The van der Waals surface area contributed by atoms with Crippen LogP contribution >= 0.6 is 34.8 Å². The van der Waals surface area contributed by atoms with E-state index in [-0.39, 0.29) is 11.5 Å². The van der Waals surface area contributed by atoms with Gasteiger partial charge in [-0.2, -0.15) is 13.2 Å². The van der Waals surface area contributed by atoms with Gasteiger partial charge in [-0.1, -0.05) is 48.1 Å². The van der Waals surface area contributed by atoms with E-state index in [1.807, 2.05) is 6.92 Å². The summed E-state index contributed by atoms with van der Waals surface area (Å²) in [6, 6.07) is 5.11. The number of halogens is 7. The summed E-state index contributed by atoms with van der Waals surface area (Å²) in [5, 5.41) is -0.748. The Labute approximate surface area is 151 Å². The first-order chi connectivity index (χ1) is 11.1. The highest BCUT2D eigenvalue weighted by atomic mass is 35.5. The minimum atomic E-state index is -4.91. The van der Waals surface area contributed by atoms with E-state index in [4.69, 9.17) is 39.5 Å². The molecule has 2 aromatic rings. The maximum Gasteiger partial charge on any atom is 0.419 e. The van der Waals surface area contributed by atoms with Crippen molar-refractivity contribution in [1.82, 2.24) is 0 Å². The Balaban J connectivity index is 2.44. The predicted octanol–water partition coefficient (Wildman–Crippen LogP) is 7.55. The molecule has 1 nitrogen and oxygen atoms in total. The lowest BCUT2D eigenvalue weighted by Gasteiger charge is -2.15. The van der Waals surface area contributed by atoms with E-state index >= 15 is 0 Å². The zero-order valence-electron chi connectivity index (χ0n) is 12.3. The maximum atomic E-state index is 13.9. The van der Waals surface area contributed by atoms with Crippen LogP contribution in [0.1, 0.15) is 24.5 Å². The van der Waals surface area contributed by atoms with Crippen LogP contribution in [-0.4, -0.2) is 0 Å². The zero-order chi connectivity index (χ0) is 18.1. The van der Waals surface area contributed by atoms with E-state index < -0.39 is 27.6 Å². The number of rotatable bonds is 4. The van der Waals surface area contributed by atoms with E-state index in [1.165, 1.54) is 6.07 Å². The van der Waals surface area contributed by atoms with Gasteiger partial charge in [0, 0.05) is 5.02 Å². The van der Waals surface area contributed by atoms with Crippen molar-refractivity contribution in [3.8, 4) is 11.5 Å². The molecule has 0 saturated heterocycles. The summed E-state index contributed by atoms with van der Waals surface area (Å²) in [6.07, 6.45) is -3.40. The standard InChI is InChI=1S/C16H11Cl3F4O/c1-2-3-8-6-9(4-5-11(8)17)24-15-12(18)7-10(16(21,22)23)14(20)13(15)19/h4-7H,2-3H2,1H3. The fourth-order valence-corrected chi connectivity index (χ4v) is 2.82.